The van der Waals surface area contributed by atoms with Crippen molar-refractivity contribution < 1.29 is 13.5 Å². The van der Waals surface area contributed by atoms with Gasteiger partial charge in [0.15, 0.2) is 0 Å². The van der Waals surface area contributed by atoms with Gasteiger partial charge in [-0.05, 0) is 9.83 Å². The van der Waals surface area contributed by atoms with Crippen molar-refractivity contribution in [1.29, 1.82) is 0 Å². The molecule has 1 aliphatic rings. The average molecular weight is 296 g/mol. The molecule has 0 aromatic carbocycles. The van der Waals surface area contributed by atoms with Gasteiger partial charge in [0, 0.05) is 13.1 Å². The minimum absolute atomic E-state index is 0.291. The molecule has 1 aliphatic heterocycles. The predicted octanol–water partition coefficient (Wildman–Crippen LogP) is -0.506. The Balaban J connectivity index is 2.49. The molecule has 0 aromatic rings. The van der Waals surface area contributed by atoms with Crippen LogP contribution in [-0.4, -0.2) is 38.0 Å². The molecule has 86 valence electrons. The molecule has 0 aromatic heterocycles. The highest BCUT2D eigenvalue weighted by Gasteiger charge is 2.39. The second-order valence-corrected chi connectivity index (χ2v) is 11.1. The van der Waals surface area contributed by atoms with Crippen LogP contribution in [0, 0.1) is 0 Å². The highest BCUT2D eigenvalue weighted by atomic mass is 33.7. The molecule has 0 amide bonds. The molecule has 1 rings (SSSR count). The summed E-state index contributed by atoms with van der Waals surface area (Å²) in [6, 6.07) is 0. The molecular weight excluding hydrogens is 284 g/mol. The summed E-state index contributed by atoms with van der Waals surface area (Å²) in [5.74, 6) is -0.291. The maximum atomic E-state index is 11.4. The van der Waals surface area contributed by atoms with Crippen LogP contribution in [0.1, 0.15) is 0 Å². The molecule has 14 heavy (non-hydrogen) atoms. The normalized spacial score (nSPS) is 24.1. The maximum absolute atomic E-state index is 11.4. The lowest BCUT2D eigenvalue weighted by atomic mass is 10.0. The summed E-state index contributed by atoms with van der Waals surface area (Å²) in [5, 5.41) is 12.4. The molecule has 10 heteroatoms. The number of hydrogen-bond donors (Lipinski definition) is 6. The van der Waals surface area contributed by atoms with Gasteiger partial charge >= 0.3 is 0 Å². The first-order chi connectivity index (χ1) is 6.37. The molecule has 5 nitrogen and oxygen atoms in total. The van der Waals surface area contributed by atoms with Gasteiger partial charge in [-0.3, -0.25) is 0 Å². The van der Waals surface area contributed by atoms with Gasteiger partial charge < -0.3 is 10.4 Å². The van der Waals surface area contributed by atoms with Crippen LogP contribution in [-0.2, 0) is 10.0 Å². The van der Waals surface area contributed by atoms with E-state index in [0.29, 0.717) is 13.1 Å². The molecule has 0 saturated carbocycles. The number of hydrogen-bond acceptors (Lipinski definition) is 7. The molecule has 0 aliphatic carbocycles. The number of rotatable bonds is 5. The van der Waals surface area contributed by atoms with Gasteiger partial charge in [-0.1, -0.05) is 20.8 Å². The summed E-state index contributed by atoms with van der Waals surface area (Å²) in [4.78, 5) is 0. The van der Waals surface area contributed by atoms with Crippen molar-refractivity contribution in [3.05, 3.63) is 0 Å². The molecular formula is C4H12N2O3S5. The van der Waals surface area contributed by atoms with Crippen LogP contribution in [0.15, 0.2) is 0 Å². The van der Waals surface area contributed by atoms with Crippen LogP contribution < -0.4 is 9.44 Å². The Kier molecular flexibility index (Phi) is 4.79. The summed E-state index contributed by atoms with van der Waals surface area (Å²) in [7, 11) is -3.62. The van der Waals surface area contributed by atoms with Crippen LogP contribution >= 0.6 is 42.3 Å². The van der Waals surface area contributed by atoms with Gasteiger partial charge in [0.1, 0.15) is 5.60 Å². The van der Waals surface area contributed by atoms with Crippen molar-refractivity contribution in [2.45, 2.75) is 5.60 Å². The standard InChI is InChI=1S/C4H12N2O3S5/c7-4(1-5-2-4)3-14(8,9)6-13(11)12-10/h5-7,10-11,13H,1-3H2. The molecule has 1 heterocycles. The second kappa shape index (κ2) is 5.04. The third kappa shape index (κ3) is 4.00. The molecule has 0 radical (unpaired) electrons. The van der Waals surface area contributed by atoms with E-state index in [0.717, 1.165) is 9.83 Å². The van der Waals surface area contributed by atoms with Crippen molar-refractivity contribution in [3.8, 4) is 0 Å². The molecule has 1 unspecified atom stereocenters. The van der Waals surface area contributed by atoms with Crippen LogP contribution in [0.5, 0.6) is 0 Å². The van der Waals surface area contributed by atoms with Crippen LogP contribution in [0.3, 0.4) is 0 Å². The van der Waals surface area contributed by atoms with E-state index in [4.69, 9.17) is 0 Å². The minimum atomic E-state index is -3.47. The Morgan fingerprint density at radius 3 is 2.57 bits per heavy atom. The van der Waals surface area contributed by atoms with Gasteiger partial charge in [0.25, 0.3) is 0 Å². The van der Waals surface area contributed by atoms with E-state index in [1.54, 1.807) is 0 Å². The molecule has 1 fully saturated rings. The molecule has 0 bridgehead atoms. The lowest BCUT2D eigenvalue weighted by Crippen LogP contribution is -2.63. The van der Waals surface area contributed by atoms with Crippen molar-refractivity contribution in [1.82, 2.24) is 9.44 Å². The Hall–Kier alpha value is 1.23. The van der Waals surface area contributed by atoms with E-state index in [9.17, 15) is 13.5 Å². The zero-order valence-corrected chi connectivity index (χ0v) is 11.4. The van der Waals surface area contributed by atoms with Gasteiger partial charge in [-0.2, -0.15) is 4.13 Å². The van der Waals surface area contributed by atoms with E-state index in [1.807, 2.05) is 0 Å². The van der Waals surface area contributed by atoms with Crippen LogP contribution in [0.25, 0.3) is 0 Å². The number of β-amino-alcohol motifs (C(OH)–C–C–N with tert-alkyl or cyclic N) is 1. The van der Waals surface area contributed by atoms with Crippen molar-refractivity contribution in [3.63, 3.8) is 0 Å². The van der Waals surface area contributed by atoms with E-state index >= 15 is 0 Å². The Morgan fingerprint density at radius 2 is 2.21 bits per heavy atom. The summed E-state index contributed by atoms with van der Waals surface area (Å²) in [5.41, 5.74) is -1.13. The first kappa shape index (κ1) is 13.3. The molecule has 1 saturated heterocycles. The Morgan fingerprint density at radius 1 is 1.64 bits per heavy atom. The molecule has 0 spiro atoms. The highest BCUT2D eigenvalue weighted by molar-refractivity contribution is 9.27. The first-order valence-electron chi connectivity index (χ1n) is 3.61. The topological polar surface area (TPSA) is 78.4 Å². The predicted molar refractivity (Wildman–Crippen MR) is 69.3 cm³/mol. The van der Waals surface area contributed by atoms with Crippen LogP contribution in [0.2, 0.25) is 0 Å². The Bertz CT molecular complexity index is 289. The number of sulfonamides is 1. The number of nitrogens with one attached hydrogen (secondary N) is 2. The van der Waals surface area contributed by atoms with E-state index in [1.165, 1.54) is 0 Å². The summed E-state index contributed by atoms with van der Waals surface area (Å²) >= 11 is 7.83. The molecule has 3 N–H and O–H groups in total. The zero-order valence-electron chi connectivity index (χ0n) is 7.04. The van der Waals surface area contributed by atoms with Crippen molar-refractivity contribution in [2.75, 3.05) is 18.8 Å². The van der Waals surface area contributed by atoms with Gasteiger partial charge in [-0.15, -0.1) is 11.7 Å². The average Bonchev–Trinajstić information content (AvgIpc) is 1.99. The lowest BCUT2D eigenvalue weighted by Gasteiger charge is -2.37. The summed E-state index contributed by atoms with van der Waals surface area (Å²) in [6.07, 6.45) is 0. The fourth-order valence-corrected chi connectivity index (χ4v) is 6.63. The Labute approximate surface area is 99.3 Å². The highest BCUT2D eigenvalue weighted by Crippen LogP contribution is 2.43. The third-order valence-corrected chi connectivity index (χ3v) is 9.70. The van der Waals surface area contributed by atoms with Crippen LogP contribution in [0.4, 0.5) is 0 Å². The first-order valence-corrected chi connectivity index (χ1v) is 10.2. The molecule has 1 atom stereocenters. The van der Waals surface area contributed by atoms with Gasteiger partial charge in [-0.25, -0.2) is 8.42 Å². The minimum Gasteiger partial charge on any atom is -0.386 e. The van der Waals surface area contributed by atoms with E-state index in [2.05, 4.69) is 32.8 Å². The second-order valence-electron chi connectivity index (χ2n) is 3.03. The number of thiol groups is 3. The fraction of sp³-hybridized carbons (Fsp3) is 1.00. The van der Waals surface area contributed by atoms with Gasteiger partial charge in [0.05, 0.1) is 5.75 Å². The quantitative estimate of drug-likeness (QED) is 0.304. The number of aliphatic hydroxyl groups is 1. The third-order valence-electron chi connectivity index (χ3n) is 1.66. The SMILES string of the molecule is O=S(=O)(CC1(O)CNC1)N[SH](S)SS. The van der Waals surface area contributed by atoms with Gasteiger partial charge in [0.2, 0.25) is 10.0 Å². The summed E-state index contributed by atoms with van der Waals surface area (Å²) in [6.45, 7) is 0.624. The van der Waals surface area contributed by atoms with Crippen molar-refractivity contribution in [2.24, 2.45) is 0 Å². The zero-order chi connectivity index (χ0) is 10.8. The largest absolute Gasteiger partial charge is 0.386 e. The lowest BCUT2D eigenvalue weighted by molar-refractivity contribution is 0.0120. The van der Waals surface area contributed by atoms with E-state index < -0.39 is 24.8 Å². The smallest absolute Gasteiger partial charge is 0.223 e. The van der Waals surface area contributed by atoms with E-state index in [-0.39, 0.29) is 5.75 Å². The maximum Gasteiger partial charge on any atom is 0.223 e. The monoisotopic (exact) mass is 296 g/mol. The fourth-order valence-electron chi connectivity index (χ4n) is 1.04. The summed E-state index contributed by atoms with van der Waals surface area (Å²) < 4.78 is 25.2. The van der Waals surface area contributed by atoms with Crippen molar-refractivity contribution >= 4 is 52.3 Å².